The number of esters is 1. The molecule has 0 aliphatic rings. The van der Waals surface area contributed by atoms with Gasteiger partial charge in [-0.1, -0.05) is 34.1 Å². The molecule has 0 saturated heterocycles. The van der Waals surface area contributed by atoms with Crippen LogP contribution in [0.4, 0.5) is 8.78 Å². The Labute approximate surface area is 106 Å². The van der Waals surface area contributed by atoms with E-state index in [1.54, 1.807) is 24.3 Å². The predicted octanol–water partition coefficient (Wildman–Crippen LogP) is 3.66. The van der Waals surface area contributed by atoms with Crippen LogP contribution in [-0.4, -0.2) is 18.5 Å². The normalized spacial score (nSPS) is 11.8. The maximum absolute atomic E-state index is 13.2. The van der Waals surface area contributed by atoms with Crippen LogP contribution in [0.5, 0.6) is 0 Å². The molecule has 0 N–H and O–H groups in total. The zero-order valence-corrected chi connectivity index (χ0v) is 10.7. The van der Waals surface area contributed by atoms with Crippen molar-refractivity contribution >= 4 is 28.0 Å². The first kappa shape index (κ1) is 13.8. The summed E-state index contributed by atoms with van der Waals surface area (Å²) >= 11 is 3.23. The molecule has 0 fully saturated rings. The summed E-state index contributed by atoms with van der Waals surface area (Å²) in [7, 11) is 0. The number of ether oxygens (including phenoxy) is 1. The lowest BCUT2D eigenvalue weighted by Gasteiger charge is -2.09. The number of hydrogen-bond donors (Lipinski definition) is 0. The van der Waals surface area contributed by atoms with E-state index in [1.807, 2.05) is 0 Å². The average Bonchev–Trinajstić information content (AvgIpc) is 2.29. The van der Waals surface area contributed by atoms with Gasteiger partial charge >= 0.3 is 11.9 Å². The molecular weight excluding hydrogens is 294 g/mol. The molecule has 0 aliphatic heterocycles. The molecule has 1 rings (SSSR count). The first-order valence-electron chi connectivity index (χ1n) is 4.95. The SMILES string of the molecule is CCOC(=O)C(F)(F)/C=C\c1ccc(Br)cc1. The van der Waals surface area contributed by atoms with Crippen molar-refractivity contribution in [1.29, 1.82) is 0 Å². The molecule has 0 spiro atoms. The Bertz CT molecular complexity index is 413. The topological polar surface area (TPSA) is 26.3 Å². The predicted molar refractivity (Wildman–Crippen MR) is 64.8 cm³/mol. The van der Waals surface area contributed by atoms with Crippen molar-refractivity contribution in [2.24, 2.45) is 0 Å². The highest BCUT2D eigenvalue weighted by molar-refractivity contribution is 9.10. The third-order valence-corrected chi connectivity index (χ3v) is 2.43. The number of carbonyl (C=O) groups is 1. The van der Waals surface area contributed by atoms with Crippen molar-refractivity contribution in [2.45, 2.75) is 12.8 Å². The van der Waals surface area contributed by atoms with Gasteiger partial charge in [-0.2, -0.15) is 8.78 Å². The Balaban J connectivity index is 2.75. The number of halogens is 3. The van der Waals surface area contributed by atoms with E-state index < -0.39 is 11.9 Å². The summed E-state index contributed by atoms with van der Waals surface area (Å²) in [6, 6.07) is 6.76. The Kier molecular flexibility index (Phi) is 4.81. The Morgan fingerprint density at radius 1 is 1.41 bits per heavy atom. The fourth-order valence-corrected chi connectivity index (χ4v) is 1.33. The molecule has 92 valence electrons. The van der Waals surface area contributed by atoms with Crippen LogP contribution < -0.4 is 0 Å². The fourth-order valence-electron chi connectivity index (χ4n) is 1.07. The second-order valence-electron chi connectivity index (χ2n) is 3.23. The molecule has 0 bridgehead atoms. The van der Waals surface area contributed by atoms with E-state index in [9.17, 15) is 13.6 Å². The molecule has 0 aromatic heterocycles. The van der Waals surface area contributed by atoms with Crippen LogP contribution in [-0.2, 0) is 9.53 Å². The number of benzene rings is 1. The maximum Gasteiger partial charge on any atom is 0.381 e. The molecule has 1 aromatic rings. The summed E-state index contributed by atoms with van der Waals surface area (Å²) in [6.07, 6.45) is 1.72. The van der Waals surface area contributed by atoms with Crippen molar-refractivity contribution in [1.82, 2.24) is 0 Å². The number of carbonyl (C=O) groups excluding carboxylic acids is 1. The molecule has 2 nitrogen and oxygen atoms in total. The van der Waals surface area contributed by atoms with E-state index in [1.165, 1.54) is 13.0 Å². The minimum absolute atomic E-state index is 0.0689. The zero-order valence-electron chi connectivity index (χ0n) is 9.12. The lowest BCUT2D eigenvalue weighted by molar-refractivity contribution is -0.164. The van der Waals surface area contributed by atoms with Gasteiger partial charge < -0.3 is 4.74 Å². The van der Waals surface area contributed by atoms with Crippen molar-refractivity contribution in [2.75, 3.05) is 6.61 Å². The van der Waals surface area contributed by atoms with Crippen LogP contribution in [0.1, 0.15) is 12.5 Å². The monoisotopic (exact) mass is 304 g/mol. The lowest BCUT2D eigenvalue weighted by Crippen LogP contribution is -2.28. The third-order valence-electron chi connectivity index (χ3n) is 1.90. The van der Waals surface area contributed by atoms with Crippen molar-refractivity contribution in [3.8, 4) is 0 Å². The molecule has 0 aliphatic carbocycles. The van der Waals surface area contributed by atoms with E-state index in [-0.39, 0.29) is 6.61 Å². The van der Waals surface area contributed by atoms with Gasteiger partial charge in [0.25, 0.3) is 0 Å². The summed E-state index contributed by atoms with van der Waals surface area (Å²) < 4.78 is 31.5. The van der Waals surface area contributed by atoms with E-state index in [0.717, 1.165) is 4.47 Å². The summed E-state index contributed by atoms with van der Waals surface area (Å²) in [5.41, 5.74) is 0.581. The van der Waals surface area contributed by atoms with Crippen molar-refractivity contribution in [3.63, 3.8) is 0 Å². The van der Waals surface area contributed by atoms with Gasteiger partial charge in [-0.3, -0.25) is 0 Å². The molecule has 0 radical (unpaired) electrons. The summed E-state index contributed by atoms with van der Waals surface area (Å²) in [6.45, 7) is 1.41. The molecule has 0 atom stereocenters. The van der Waals surface area contributed by atoms with Gasteiger partial charge in [0, 0.05) is 4.47 Å². The molecule has 0 heterocycles. The van der Waals surface area contributed by atoms with Crippen LogP contribution in [0.25, 0.3) is 6.08 Å². The summed E-state index contributed by atoms with van der Waals surface area (Å²) in [5.74, 6) is -5.13. The largest absolute Gasteiger partial charge is 0.461 e. The Morgan fingerprint density at radius 3 is 2.53 bits per heavy atom. The number of rotatable bonds is 4. The highest BCUT2D eigenvalue weighted by atomic mass is 79.9. The van der Waals surface area contributed by atoms with Gasteiger partial charge in [0.15, 0.2) is 0 Å². The quantitative estimate of drug-likeness (QED) is 0.794. The minimum atomic E-state index is -3.59. The lowest BCUT2D eigenvalue weighted by atomic mass is 10.2. The molecule has 0 amide bonds. The van der Waals surface area contributed by atoms with E-state index >= 15 is 0 Å². The van der Waals surface area contributed by atoms with Gasteiger partial charge in [-0.25, -0.2) is 4.79 Å². The second kappa shape index (κ2) is 5.91. The van der Waals surface area contributed by atoms with Gasteiger partial charge in [0.1, 0.15) is 0 Å². The van der Waals surface area contributed by atoms with Crippen LogP contribution in [0, 0.1) is 0 Å². The van der Waals surface area contributed by atoms with Crippen LogP contribution in [0.2, 0.25) is 0 Å². The zero-order chi connectivity index (χ0) is 12.9. The average molecular weight is 305 g/mol. The van der Waals surface area contributed by atoms with Gasteiger partial charge in [0.2, 0.25) is 0 Å². The maximum atomic E-state index is 13.2. The van der Waals surface area contributed by atoms with Crippen molar-refractivity contribution < 1.29 is 18.3 Å². The Morgan fingerprint density at radius 2 is 2.00 bits per heavy atom. The van der Waals surface area contributed by atoms with E-state index in [4.69, 9.17) is 0 Å². The summed E-state index contributed by atoms with van der Waals surface area (Å²) in [5, 5.41) is 0. The smallest absolute Gasteiger partial charge is 0.381 e. The standard InChI is InChI=1S/C12H11BrF2O2/c1-2-17-11(16)12(14,15)8-7-9-3-5-10(13)6-4-9/h3-8H,2H2,1H3/b8-7-. The van der Waals surface area contributed by atoms with Gasteiger partial charge in [0.05, 0.1) is 6.61 Å². The minimum Gasteiger partial charge on any atom is -0.461 e. The van der Waals surface area contributed by atoms with E-state index in [0.29, 0.717) is 11.6 Å². The third kappa shape index (κ3) is 4.26. The molecule has 17 heavy (non-hydrogen) atoms. The molecule has 0 saturated carbocycles. The van der Waals surface area contributed by atoms with Crippen LogP contribution in [0.15, 0.2) is 34.8 Å². The molecule has 5 heteroatoms. The van der Waals surface area contributed by atoms with Crippen LogP contribution >= 0.6 is 15.9 Å². The van der Waals surface area contributed by atoms with E-state index in [2.05, 4.69) is 20.7 Å². The highest BCUT2D eigenvalue weighted by Gasteiger charge is 2.37. The van der Waals surface area contributed by atoms with Crippen LogP contribution in [0.3, 0.4) is 0 Å². The van der Waals surface area contributed by atoms with Crippen molar-refractivity contribution in [3.05, 3.63) is 40.4 Å². The first-order chi connectivity index (χ1) is 7.95. The molecular formula is C12H11BrF2O2. The first-order valence-corrected chi connectivity index (χ1v) is 5.75. The summed E-state index contributed by atoms with van der Waals surface area (Å²) in [4.78, 5) is 10.9. The van der Waals surface area contributed by atoms with Gasteiger partial charge in [-0.05, 0) is 30.7 Å². The molecule has 1 aromatic carbocycles. The highest BCUT2D eigenvalue weighted by Crippen LogP contribution is 2.20. The number of hydrogen-bond acceptors (Lipinski definition) is 2. The second-order valence-corrected chi connectivity index (χ2v) is 4.14. The Hall–Kier alpha value is -1.23. The van der Waals surface area contributed by atoms with Gasteiger partial charge in [-0.15, -0.1) is 0 Å². The molecule has 0 unspecified atom stereocenters. The number of alkyl halides is 2. The fraction of sp³-hybridized carbons (Fsp3) is 0.250.